The first-order valence-electron chi connectivity index (χ1n) is 4.55. The summed E-state index contributed by atoms with van der Waals surface area (Å²) in [7, 11) is -3.79. The van der Waals surface area contributed by atoms with Crippen LogP contribution < -0.4 is 0 Å². The molecule has 1 aromatic carbocycles. The summed E-state index contributed by atoms with van der Waals surface area (Å²) in [6.07, 6.45) is 0.315. The van der Waals surface area contributed by atoms with Crippen LogP contribution >= 0.6 is 0 Å². The first-order chi connectivity index (χ1) is 7.38. The molecule has 1 rings (SSSR count). The van der Waals surface area contributed by atoms with Crippen LogP contribution in [0.3, 0.4) is 0 Å². The van der Waals surface area contributed by atoms with Crippen molar-refractivity contribution in [3.8, 4) is 0 Å². The van der Waals surface area contributed by atoms with Gasteiger partial charge >= 0.3 is 0 Å². The molecule has 0 aliphatic rings. The van der Waals surface area contributed by atoms with Crippen LogP contribution in [0.2, 0.25) is 0 Å². The van der Waals surface area contributed by atoms with Gasteiger partial charge in [0, 0.05) is 6.07 Å². The number of sulfone groups is 1. The number of halogens is 1. The Bertz CT molecular complexity index is 512. The molecule has 0 radical (unpaired) electrons. The fourth-order valence-corrected chi connectivity index (χ4v) is 2.78. The summed E-state index contributed by atoms with van der Waals surface area (Å²) >= 11 is 0. The molecule has 0 amide bonds. The van der Waals surface area contributed by atoms with Crippen molar-refractivity contribution in [1.82, 2.24) is 0 Å². The Balaban J connectivity index is 3.42. The van der Waals surface area contributed by atoms with Crippen LogP contribution in [-0.4, -0.2) is 19.1 Å². The molecule has 0 aliphatic carbocycles. The summed E-state index contributed by atoms with van der Waals surface area (Å²) in [4.78, 5) is 9.22. The van der Waals surface area contributed by atoms with E-state index in [1.165, 1.54) is 0 Å². The monoisotopic (exact) mass is 247 g/mol. The maximum absolute atomic E-state index is 12.9. The molecule has 0 unspecified atom stereocenters. The zero-order chi connectivity index (χ0) is 12.3. The molecular weight excluding hydrogens is 237 g/mol. The lowest BCUT2D eigenvalue weighted by Gasteiger charge is -2.03. The summed E-state index contributed by atoms with van der Waals surface area (Å²) in [6, 6.07) is 2.41. The van der Waals surface area contributed by atoms with Gasteiger partial charge in [0.25, 0.3) is 5.69 Å². The van der Waals surface area contributed by atoms with Crippen molar-refractivity contribution >= 4 is 15.5 Å². The van der Waals surface area contributed by atoms with Gasteiger partial charge in [0.1, 0.15) is 10.7 Å². The SMILES string of the molecule is CCCS(=O)(=O)c1cc(F)ccc1[N+](=O)[O-]. The molecule has 0 saturated heterocycles. The largest absolute Gasteiger partial charge is 0.288 e. The highest BCUT2D eigenvalue weighted by atomic mass is 32.2. The minimum Gasteiger partial charge on any atom is -0.258 e. The van der Waals surface area contributed by atoms with E-state index in [9.17, 15) is 22.9 Å². The highest BCUT2D eigenvalue weighted by molar-refractivity contribution is 7.91. The lowest BCUT2D eigenvalue weighted by molar-refractivity contribution is -0.387. The molecule has 0 bridgehead atoms. The van der Waals surface area contributed by atoms with E-state index in [4.69, 9.17) is 0 Å². The number of benzene rings is 1. The number of rotatable bonds is 4. The van der Waals surface area contributed by atoms with Gasteiger partial charge in [-0.2, -0.15) is 0 Å². The lowest BCUT2D eigenvalue weighted by atomic mass is 10.3. The average molecular weight is 247 g/mol. The smallest absolute Gasteiger partial charge is 0.258 e. The molecule has 0 heterocycles. The Labute approximate surface area is 92.0 Å². The van der Waals surface area contributed by atoms with Crippen molar-refractivity contribution in [1.29, 1.82) is 0 Å². The van der Waals surface area contributed by atoms with Crippen molar-refractivity contribution in [2.24, 2.45) is 0 Å². The molecule has 0 fully saturated rings. The molecular formula is C9H10FNO4S. The van der Waals surface area contributed by atoms with Crippen molar-refractivity contribution in [3.05, 3.63) is 34.1 Å². The highest BCUT2D eigenvalue weighted by Crippen LogP contribution is 2.25. The van der Waals surface area contributed by atoms with Gasteiger partial charge in [-0.15, -0.1) is 0 Å². The summed E-state index contributed by atoms with van der Waals surface area (Å²) in [5.41, 5.74) is -0.588. The van der Waals surface area contributed by atoms with E-state index in [-0.39, 0.29) is 5.75 Å². The minimum absolute atomic E-state index is 0.239. The zero-order valence-corrected chi connectivity index (χ0v) is 9.33. The number of hydrogen-bond acceptors (Lipinski definition) is 4. The molecule has 88 valence electrons. The molecule has 5 nitrogen and oxygen atoms in total. The topological polar surface area (TPSA) is 77.3 Å². The van der Waals surface area contributed by atoms with Crippen LogP contribution in [0.4, 0.5) is 10.1 Å². The van der Waals surface area contributed by atoms with E-state index in [1.807, 2.05) is 0 Å². The van der Waals surface area contributed by atoms with Crippen LogP contribution in [-0.2, 0) is 9.84 Å². The van der Waals surface area contributed by atoms with Crippen molar-refractivity contribution in [2.45, 2.75) is 18.2 Å². The third-order valence-corrected chi connectivity index (χ3v) is 3.87. The second-order valence-corrected chi connectivity index (χ2v) is 5.27. The van der Waals surface area contributed by atoms with Crippen LogP contribution in [0.25, 0.3) is 0 Å². The van der Waals surface area contributed by atoms with Gasteiger partial charge in [-0.05, 0) is 18.6 Å². The van der Waals surface area contributed by atoms with Crippen molar-refractivity contribution in [3.63, 3.8) is 0 Å². The standard InChI is InChI=1S/C9H10FNO4S/c1-2-5-16(14,15)9-6-7(10)3-4-8(9)11(12)13/h3-4,6H,2,5H2,1H3. The number of hydrogen-bond donors (Lipinski definition) is 0. The predicted molar refractivity (Wildman–Crippen MR) is 55.4 cm³/mol. The van der Waals surface area contributed by atoms with Crippen LogP contribution in [0.5, 0.6) is 0 Å². The summed E-state index contributed by atoms with van der Waals surface area (Å²) < 4.78 is 36.2. The maximum Gasteiger partial charge on any atom is 0.288 e. The average Bonchev–Trinajstić information content (AvgIpc) is 2.17. The summed E-state index contributed by atoms with van der Waals surface area (Å²) in [5.74, 6) is -1.04. The molecule has 7 heteroatoms. The van der Waals surface area contributed by atoms with Gasteiger partial charge in [-0.3, -0.25) is 10.1 Å². The number of nitro groups is 1. The van der Waals surface area contributed by atoms with Gasteiger partial charge in [0.2, 0.25) is 0 Å². The van der Waals surface area contributed by atoms with E-state index in [2.05, 4.69) is 0 Å². The van der Waals surface area contributed by atoms with E-state index >= 15 is 0 Å². The van der Waals surface area contributed by atoms with Crippen LogP contribution in [0, 0.1) is 15.9 Å². The fourth-order valence-electron chi connectivity index (χ4n) is 1.27. The van der Waals surface area contributed by atoms with Gasteiger partial charge in [-0.25, -0.2) is 12.8 Å². The number of nitrogens with zero attached hydrogens (tertiary/aromatic N) is 1. The van der Waals surface area contributed by atoms with Gasteiger partial charge in [0.05, 0.1) is 10.7 Å². The van der Waals surface area contributed by atoms with E-state index in [1.54, 1.807) is 6.92 Å². The number of nitro benzene ring substituents is 1. The Hall–Kier alpha value is -1.50. The summed E-state index contributed by atoms with van der Waals surface area (Å²) in [6.45, 7) is 1.63. The Morgan fingerprint density at radius 3 is 2.56 bits per heavy atom. The van der Waals surface area contributed by atoms with E-state index in [0.717, 1.165) is 12.1 Å². The van der Waals surface area contributed by atoms with Crippen LogP contribution in [0.15, 0.2) is 23.1 Å². The molecule has 0 aromatic heterocycles. The Morgan fingerprint density at radius 1 is 1.44 bits per heavy atom. The minimum atomic E-state index is -3.79. The normalized spacial score (nSPS) is 11.4. The Morgan fingerprint density at radius 2 is 2.06 bits per heavy atom. The molecule has 16 heavy (non-hydrogen) atoms. The molecule has 0 spiro atoms. The second-order valence-electron chi connectivity index (χ2n) is 3.19. The van der Waals surface area contributed by atoms with Crippen molar-refractivity contribution < 1.29 is 17.7 Å². The van der Waals surface area contributed by atoms with E-state index < -0.39 is 31.2 Å². The third kappa shape index (κ3) is 2.54. The fraction of sp³-hybridized carbons (Fsp3) is 0.333. The lowest BCUT2D eigenvalue weighted by Crippen LogP contribution is -2.09. The van der Waals surface area contributed by atoms with E-state index in [0.29, 0.717) is 12.5 Å². The van der Waals surface area contributed by atoms with Gasteiger partial charge < -0.3 is 0 Å². The molecule has 0 aliphatic heterocycles. The van der Waals surface area contributed by atoms with Gasteiger partial charge in [-0.1, -0.05) is 6.92 Å². The quantitative estimate of drug-likeness (QED) is 0.601. The Kier molecular flexibility index (Phi) is 3.58. The highest BCUT2D eigenvalue weighted by Gasteiger charge is 2.25. The first-order valence-corrected chi connectivity index (χ1v) is 6.20. The summed E-state index contributed by atoms with van der Waals surface area (Å²) in [5, 5.41) is 10.6. The zero-order valence-electron chi connectivity index (χ0n) is 8.51. The molecule has 0 saturated carbocycles. The molecule has 0 atom stereocenters. The van der Waals surface area contributed by atoms with Crippen molar-refractivity contribution in [2.75, 3.05) is 5.75 Å². The third-order valence-electron chi connectivity index (χ3n) is 1.93. The van der Waals surface area contributed by atoms with Crippen LogP contribution in [0.1, 0.15) is 13.3 Å². The maximum atomic E-state index is 12.9. The van der Waals surface area contributed by atoms with Gasteiger partial charge in [0.15, 0.2) is 9.84 Å². The molecule has 1 aromatic rings. The second kappa shape index (κ2) is 4.56. The molecule has 0 N–H and O–H groups in total. The predicted octanol–water partition coefficient (Wildman–Crippen LogP) is 1.92. The first kappa shape index (κ1) is 12.6.